The summed E-state index contributed by atoms with van der Waals surface area (Å²) < 4.78 is 5.77. The third-order valence-electron chi connectivity index (χ3n) is 3.79. The van der Waals surface area contributed by atoms with Crippen molar-refractivity contribution in [3.05, 3.63) is 85.2 Å². The number of nitrogens with zero attached hydrogens (tertiary/aromatic N) is 3. The molecule has 0 aliphatic carbocycles. The van der Waals surface area contributed by atoms with Gasteiger partial charge in [-0.15, -0.1) is 0 Å². The molecule has 26 heavy (non-hydrogen) atoms. The molecule has 2 aromatic carbocycles. The number of aromatic hydroxyl groups is 1. The summed E-state index contributed by atoms with van der Waals surface area (Å²) in [5.74, 6) is 1.91. The fourth-order valence-electron chi connectivity index (χ4n) is 2.56. The van der Waals surface area contributed by atoms with Crippen molar-refractivity contribution >= 4 is 0 Å². The van der Waals surface area contributed by atoms with E-state index in [4.69, 9.17) is 4.74 Å². The van der Waals surface area contributed by atoms with Gasteiger partial charge >= 0.3 is 0 Å². The van der Waals surface area contributed by atoms with Gasteiger partial charge in [0, 0.05) is 29.6 Å². The van der Waals surface area contributed by atoms with Crippen LogP contribution in [-0.4, -0.2) is 20.1 Å². The molecule has 0 radical (unpaired) electrons. The van der Waals surface area contributed by atoms with Gasteiger partial charge in [0.25, 0.3) is 0 Å². The largest absolute Gasteiger partial charge is 0.507 e. The average molecular weight is 341 g/mol. The van der Waals surface area contributed by atoms with Crippen LogP contribution in [0, 0.1) is 0 Å². The predicted octanol–water partition coefficient (Wildman–Crippen LogP) is 4.70. The maximum atomic E-state index is 10.0. The van der Waals surface area contributed by atoms with Crippen molar-refractivity contribution in [2.75, 3.05) is 0 Å². The molecule has 0 fully saturated rings. The summed E-state index contributed by atoms with van der Waals surface area (Å²) in [4.78, 5) is 13.1. The van der Waals surface area contributed by atoms with Crippen molar-refractivity contribution in [2.45, 2.75) is 0 Å². The van der Waals surface area contributed by atoms with E-state index in [2.05, 4.69) is 15.0 Å². The lowest BCUT2D eigenvalue weighted by atomic mass is 10.1. The van der Waals surface area contributed by atoms with Crippen LogP contribution in [0.4, 0.5) is 0 Å². The molecule has 0 aliphatic rings. The molecule has 126 valence electrons. The van der Waals surface area contributed by atoms with Gasteiger partial charge in [-0.05, 0) is 36.4 Å². The van der Waals surface area contributed by atoms with E-state index >= 15 is 0 Å². The summed E-state index contributed by atoms with van der Waals surface area (Å²) in [6.45, 7) is 0. The number of hydrogen-bond acceptors (Lipinski definition) is 5. The molecular weight excluding hydrogens is 326 g/mol. The molecule has 5 heteroatoms. The van der Waals surface area contributed by atoms with Crippen molar-refractivity contribution in [3.63, 3.8) is 0 Å². The zero-order valence-electron chi connectivity index (χ0n) is 13.8. The lowest BCUT2D eigenvalue weighted by molar-refractivity contribution is 0.463. The van der Waals surface area contributed by atoms with Crippen LogP contribution in [0.25, 0.3) is 22.6 Å². The molecular formula is C21H15N3O2. The van der Waals surface area contributed by atoms with E-state index in [0.717, 1.165) is 5.56 Å². The third-order valence-corrected chi connectivity index (χ3v) is 3.79. The van der Waals surface area contributed by atoms with Crippen LogP contribution >= 0.6 is 0 Å². The monoisotopic (exact) mass is 341 g/mol. The van der Waals surface area contributed by atoms with Crippen LogP contribution in [0.1, 0.15) is 0 Å². The number of ether oxygens (including phenoxy) is 1. The van der Waals surface area contributed by atoms with E-state index in [9.17, 15) is 5.11 Å². The normalized spacial score (nSPS) is 10.5. The van der Waals surface area contributed by atoms with Gasteiger partial charge in [-0.1, -0.05) is 30.3 Å². The smallest absolute Gasteiger partial charge is 0.219 e. The van der Waals surface area contributed by atoms with Crippen LogP contribution < -0.4 is 4.74 Å². The fourth-order valence-corrected chi connectivity index (χ4v) is 2.56. The first-order valence-corrected chi connectivity index (χ1v) is 8.10. The molecule has 0 amide bonds. The minimum Gasteiger partial charge on any atom is -0.507 e. The number of phenols is 1. The second-order valence-corrected chi connectivity index (χ2v) is 5.58. The van der Waals surface area contributed by atoms with Gasteiger partial charge in [-0.2, -0.15) is 0 Å². The highest BCUT2D eigenvalue weighted by Crippen LogP contribution is 2.29. The number of phenolic OH excluding ortho intramolecular Hbond substituents is 1. The van der Waals surface area contributed by atoms with E-state index < -0.39 is 0 Å². The fraction of sp³-hybridized carbons (Fsp3) is 0. The van der Waals surface area contributed by atoms with Gasteiger partial charge in [0.15, 0.2) is 5.82 Å². The summed E-state index contributed by atoms with van der Waals surface area (Å²) in [6.07, 6.45) is 3.36. The number of pyridine rings is 1. The maximum Gasteiger partial charge on any atom is 0.219 e. The second kappa shape index (κ2) is 7.03. The van der Waals surface area contributed by atoms with Crippen molar-refractivity contribution in [1.29, 1.82) is 0 Å². The molecule has 2 heterocycles. The Bertz CT molecular complexity index is 1040. The van der Waals surface area contributed by atoms with Gasteiger partial charge in [-0.3, -0.25) is 0 Å². The van der Waals surface area contributed by atoms with E-state index in [0.29, 0.717) is 28.7 Å². The van der Waals surface area contributed by atoms with E-state index in [1.165, 1.54) is 0 Å². The van der Waals surface area contributed by atoms with E-state index in [1.807, 2.05) is 48.5 Å². The Morgan fingerprint density at radius 2 is 1.65 bits per heavy atom. The van der Waals surface area contributed by atoms with Gasteiger partial charge in [-0.25, -0.2) is 15.0 Å². The number of hydrogen-bond donors (Lipinski definition) is 1. The van der Waals surface area contributed by atoms with Gasteiger partial charge in [0.2, 0.25) is 5.88 Å². The van der Waals surface area contributed by atoms with Crippen LogP contribution in [0.3, 0.4) is 0 Å². The molecule has 1 N–H and O–H groups in total. The number of rotatable bonds is 4. The molecule has 4 aromatic rings. The zero-order valence-corrected chi connectivity index (χ0v) is 13.8. The molecule has 0 saturated carbocycles. The summed E-state index contributed by atoms with van der Waals surface area (Å²) in [5.41, 5.74) is 2.14. The van der Waals surface area contributed by atoms with Gasteiger partial charge in [0.05, 0.1) is 5.69 Å². The minimum atomic E-state index is 0.185. The molecule has 0 unspecified atom stereocenters. The Hall–Kier alpha value is -3.73. The second-order valence-electron chi connectivity index (χ2n) is 5.58. The standard InChI is InChI=1S/C21H15N3O2/c25-19-9-2-1-8-17(19)18-11-13-23-21(24-18)15-6-5-7-16(14-15)26-20-10-3-4-12-22-20/h1-14,25H. The van der Waals surface area contributed by atoms with Crippen molar-refractivity contribution in [3.8, 4) is 40.0 Å². The highest BCUT2D eigenvalue weighted by Gasteiger charge is 2.09. The SMILES string of the molecule is Oc1ccccc1-c1ccnc(-c2cccc(Oc3ccccn3)c2)n1. The maximum absolute atomic E-state index is 10.0. The van der Waals surface area contributed by atoms with E-state index in [-0.39, 0.29) is 5.75 Å². The van der Waals surface area contributed by atoms with Crippen molar-refractivity contribution in [2.24, 2.45) is 0 Å². The Labute approximate surface area is 150 Å². The molecule has 4 rings (SSSR count). The summed E-state index contributed by atoms with van der Waals surface area (Å²) in [6, 6.07) is 21.9. The molecule has 0 atom stereocenters. The molecule has 5 nitrogen and oxygen atoms in total. The zero-order chi connectivity index (χ0) is 17.8. The lowest BCUT2D eigenvalue weighted by Crippen LogP contribution is -1.93. The van der Waals surface area contributed by atoms with Crippen LogP contribution in [-0.2, 0) is 0 Å². The topological polar surface area (TPSA) is 68.1 Å². The van der Waals surface area contributed by atoms with E-state index in [1.54, 1.807) is 36.7 Å². The molecule has 0 bridgehead atoms. The first-order chi connectivity index (χ1) is 12.8. The van der Waals surface area contributed by atoms with Crippen molar-refractivity contribution in [1.82, 2.24) is 15.0 Å². The summed E-state index contributed by atoms with van der Waals surface area (Å²) >= 11 is 0. The minimum absolute atomic E-state index is 0.185. The van der Waals surface area contributed by atoms with Crippen molar-refractivity contribution < 1.29 is 9.84 Å². The lowest BCUT2D eigenvalue weighted by Gasteiger charge is -2.08. The van der Waals surface area contributed by atoms with Crippen LogP contribution in [0.15, 0.2) is 85.2 Å². The Morgan fingerprint density at radius 3 is 2.50 bits per heavy atom. The highest BCUT2D eigenvalue weighted by atomic mass is 16.5. The Morgan fingerprint density at radius 1 is 0.769 bits per heavy atom. The number of benzene rings is 2. The third kappa shape index (κ3) is 3.37. The quantitative estimate of drug-likeness (QED) is 0.582. The van der Waals surface area contributed by atoms with Crippen LogP contribution in [0.2, 0.25) is 0 Å². The molecule has 0 aliphatic heterocycles. The summed E-state index contributed by atoms with van der Waals surface area (Å²) in [5, 5.41) is 10.0. The van der Waals surface area contributed by atoms with Gasteiger partial charge < -0.3 is 9.84 Å². The number of aromatic nitrogens is 3. The molecule has 2 aromatic heterocycles. The first-order valence-electron chi connectivity index (χ1n) is 8.10. The summed E-state index contributed by atoms with van der Waals surface area (Å²) in [7, 11) is 0. The van der Waals surface area contributed by atoms with Gasteiger partial charge in [0.1, 0.15) is 11.5 Å². The number of para-hydroxylation sites is 1. The average Bonchev–Trinajstić information content (AvgIpc) is 2.69. The highest BCUT2D eigenvalue weighted by molar-refractivity contribution is 5.68. The predicted molar refractivity (Wildman–Crippen MR) is 98.9 cm³/mol. The van der Waals surface area contributed by atoms with Crippen LogP contribution in [0.5, 0.6) is 17.4 Å². The Kier molecular flexibility index (Phi) is 4.26. The first kappa shape index (κ1) is 15.8. The molecule has 0 spiro atoms. The molecule has 0 saturated heterocycles. The Balaban J connectivity index is 1.67.